The van der Waals surface area contributed by atoms with Gasteiger partial charge in [-0.2, -0.15) is 4.31 Å². The topological polar surface area (TPSA) is 113 Å². The fourth-order valence-corrected chi connectivity index (χ4v) is 5.20. The van der Waals surface area contributed by atoms with Crippen LogP contribution in [0, 0.1) is 5.82 Å². The van der Waals surface area contributed by atoms with Gasteiger partial charge in [0.25, 0.3) is 0 Å². The Hall–Kier alpha value is -2.69. The summed E-state index contributed by atoms with van der Waals surface area (Å²) in [5, 5.41) is 2.91. The van der Waals surface area contributed by atoms with E-state index in [-0.39, 0.29) is 43.4 Å². The minimum Gasteiger partial charge on any atom is -0.352 e. The van der Waals surface area contributed by atoms with Gasteiger partial charge in [-0.25, -0.2) is 17.6 Å². The van der Waals surface area contributed by atoms with Gasteiger partial charge in [-0.15, -0.1) is 0 Å². The van der Waals surface area contributed by atoms with Crippen LogP contribution in [0.5, 0.6) is 0 Å². The van der Waals surface area contributed by atoms with Crippen molar-refractivity contribution < 1.29 is 22.4 Å². The van der Waals surface area contributed by atoms with Gasteiger partial charge in [-0.3, -0.25) is 4.79 Å². The second kappa shape index (κ2) is 9.63. The number of amides is 3. The quantitative estimate of drug-likeness (QED) is 0.676. The van der Waals surface area contributed by atoms with Crippen LogP contribution in [0.1, 0.15) is 18.0 Å². The van der Waals surface area contributed by atoms with Crippen LogP contribution >= 0.6 is 11.6 Å². The summed E-state index contributed by atoms with van der Waals surface area (Å²) in [4.78, 5) is 25.3. The molecule has 0 bridgehead atoms. The molecular weight excluding hydrogens is 447 g/mol. The first-order valence-corrected chi connectivity index (χ1v) is 11.3. The molecule has 0 spiro atoms. The van der Waals surface area contributed by atoms with Crippen molar-refractivity contribution in [1.29, 1.82) is 0 Å². The molecule has 2 aromatic carbocycles. The lowest BCUT2D eigenvalue weighted by atomic mass is 10.0. The first-order valence-electron chi connectivity index (χ1n) is 9.53. The van der Waals surface area contributed by atoms with Crippen LogP contribution in [0.2, 0.25) is 5.02 Å². The molecule has 0 unspecified atom stereocenters. The lowest BCUT2D eigenvalue weighted by Crippen LogP contribution is -2.51. The minimum atomic E-state index is -4.00. The third kappa shape index (κ3) is 5.33. The van der Waals surface area contributed by atoms with Gasteiger partial charge >= 0.3 is 6.03 Å². The van der Waals surface area contributed by atoms with Crippen molar-refractivity contribution in [1.82, 2.24) is 14.5 Å². The van der Waals surface area contributed by atoms with E-state index in [1.165, 1.54) is 23.1 Å². The summed E-state index contributed by atoms with van der Waals surface area (Å²) in [6.07, 6.45) is -0.0905. The van der Waals surface area contributed by atoms with E-state index in [0.29, 0.717) is 10.6 Å². The number of urea groups is 1. The Kier molecular flexibility index (Phi) is 7.14. The summed E-state index contributed by atoms with van der Waals surface area (Å²) < 4.78 is 40.5. The third-order valence-electron chi connectivity index (χ3n) is 5.02. The SMILES string of the molecule is NC(=O)N[C@@H](CC(=O)N1CCN(S(=O)(=O)c2ccccc2F)CC1)c1ccccc1Cl. The zero-order valence-electron chi connectivity index (χ0n) is 16.5. The Morgan fingerprint density at radius 2 is 1.68 bits per heavy atom. The van der Waals surface area contributed by atoms with Crippen LogP contribution in [0.15, 0.2) is 53.4 Å². The Balaban J connectivity index is 1.67. The normalized spacial score (nSPS) is 16.0. The number of rotatable bonds is 6. The summed E-state index contributed by atoms with van der Waals surface area (Å²) in [6.45, 7) is 0.335. The van der Waals surface area contributed by atoms with Crippen molar-refractivity contribution in [2.75, 3.05) is 26.2 Å². The van der Waals surface area contributed by atoms with Crippen molar-refractivity contribution in [3.63, 3.8) is 0 Å². The molecule has 0 aliphatic carbocycles. The number of benzene rings is 2. The number of piperazine rings is 1. The fraction of sp³-hybridized carbons (Fsp3) is 0.300. The largest absolute Gasteiger partial charge is 0.352 e. The first-order chi connectivity index (χ1) is 14.7. The zero-order chi connectivity index (χ0) is 22.6. The minimum absolute atomic E-state index is 0.0302. The van der Waals surface area contributed by atoms with Crippen LogP contribution < -0.4 is 11.1 Å². The van der Waals surface area contributed by atoms with Gasteiger partial charge in [-0.1, -0.05) is 41.9 Å². The summed E-state index contributed by atoms with van der Waals surface area (Å²) in [5.41, 5.74) is 5.80. The van der Waals surface area contributed by atoms with Crippen molar-refractivity contribution in [2.24, 2.45) is 5.73 Å². The number of sulfonamides is 1. The van der Waals surface area contributed by atoms with Gasteiger partial charge in [0.05, 0.1) is 12.5 Å². The molecule has 0 radical (unpaired) electrons. The molecule has 0 saturated carbocycles. The highest BCUT2D eigenvalue weighted by Crippen LogP contribution is 2.26. The highest BCUT2D eigenvalue weighted by atomic mass is 35.5. The van der Waals surface area contributed by atoms with Crippen LogP contribution in [0.3, 0.4) is 0 Å². The molecule has 1 aliphatic heterocycles. The number of nitrogens with zero attached hydrogens (tertiary/aromatic N) is 2. The van der Waals surface area contributed by atoms with Crippen molar-refractivity contribution in [3.05, 3.63) is 64.9 Å². The Bertz CT molecular complexity index is 1070. The smallest absolute Gasteiger partial charge is 0.312 e. The highest BCUT2D eigenvalue weighted by Gasteiger charge is 2.32. The number of nitrogens with two attached hydrogens (primary N) is 1. The van der Waals surface area contributed by atoms with E-state index in [0.717, 1.165) is 10.4 Å². The molecule has 1 atom stereocenters. The van der Waals surface area contributed by atoms with E-state index < -0.39 is 27.9 Å². The molecular formula is C20H22ClFN4O4S. The molecule has 11 heteroatoms. The molecule has 0 aromatic heterocycles. The van der Waals surface area contributed by atoms with Gasteiger partial charge in [0, 0.05) is 31.2 Å². The van der Waals surface area contributed by atoms with E-state index in [9.17, 15) is 22.4 Å². The van der Waals surface area contributed by atoms with Gasteiger partial charge in [0.1, 0.15) is 10.7 Å². The number of halogens is 2. The van der Waals surface area contributed by atoms with Gasteiger partial charge in [-0.05, 0) is 23.8 Å². The maximum atomic E-state index is 14.0. The zero-order valence-corrected chi connectivity index (χ0v) is 18.1. The summed E-state index contributed by atoms with van der Waals surface area (Å²) in [5.74, 6) is -1.11. The Morgan fingerprint density at radius 1 is 1.06 bits per heavy atom. The Morgan fingerprint density at radius 3 is 2.29 bits per heavy atom. The molecule has 1 fully saturated rings. The second-order valence-electron chi connectivity index (χ2n) is 7.00. The van der Waals surface area contributed by atoms with Crippen molar-refractivity contribution in [2.45, 2.75) is 17.4 Å². The predicted molar refractivity (Wildman–Crippen MR) is 113 cm³/mol. The average molecular weight is 469 g/mol. The summed E-state index contributed by atoms with van der Waals surface area (Å²) in [7, 11) is -4.00. The molecule has 2 aromatic rings. The van der Waals surface area contributed by atoms with E-state index >= 15 is 0 Å². The molecule has 1 heterocycles. The number of nitrogens with one attached hydrogen (secondary N) is 1. The maximum absolute atomic E-state index is 14.0. The molecule has 3 N–H and O–H groups in total. The first kappa shape index (κ1) is 23.0. The van der Waals surface area contributed by atoms with Crippen LogP contribution in [-0.2, 0) is 14.8 Å². The van der Waals surface area contributed by atoms with Crippen molar-refractivity contribution in [3.8, 4) is 0 Å². The molecule has 31 heavy (non-hydrogen) atoms. The number of hydrogen-bond donors (Lipinski definition) is 2. The summed E-state index contributed by atoms with van der Waals surface area (Å²) >= 11 is 6.19. The lowest BCUT2D eigenvalue weighted by molar-refractivity contribution is -0.132. The van der Waals surface area contributed by atoms with Crippen LogP contribution in [-0.4, -0.2) is 55.7 Å². The number of hydrogen-bond acceptors (Lipinski definition) is 4. The lowest BCUT2D eigenvalue weighted by Gasteiger charge is -2.34. The predicted octanol–water partition coefficient (Wildman–Crippen LogP) is 2.11. The summed E-state index contributed by atoms with van der Waals surface area (Å²) in [6, 6.07) is 10.4. The van der Waals surface area contributed by atoms with Gasteiger partial charge < -0.3 is 16.0 Å². The second-order valence-corrected chi connectivity index (χ2v) is 9.32. The molecule has 8 nitrogen and oxygen atoms in total. The fourth-order valence-electron chi connectivity index (χ4n) is 3.44. The molecule has 1 saturated heterocycles. The number of primary amides is 1. The highest BCUT2D eigenvalue weighted by molar-refractivity contribution is 7.89. The molecule has 3 amide bonds. The molecule has 1 aliphatic rings. The van der Waals surface area contributed by atoms with Crippen molar-refractivity contribution >= 4 is 33.6 Å². The van der Waals surface area contributed by atoms with E-state index in [1.54, 1.807) is 24.3 Å². The van der Waals surface area contributed by atoms with Gasteiger partial charge in [0.2, 0.25) is 15.9 Å². The molecule has 166 valence electrons. The van der Waals surface area contributed by atoms with Crippen LogP contribution in [0.25, 0.3) is 0 Å². The van der Waals surface area contributed by atoms with Gasteiger partial charge in [0.15, 0.2) is 0 Å². The average Bonchev–Trinajstić information content (AvgIpc) is 2.73. The number of carbonyl (C=O) groups excluding carboxylic acids is 2. The monoisotopic (exact) mass is 468 g/mol. The van der Waals surface area contributed by atoms with E-state index in [2.05, 4.69) is 5.32 Å². The Labute approximate surface area is 184 Å². The number of carbonyl (C=O) groups is 2. The standard InChI is InChI=1S/C20H22ClFN4O4S/c21-15-6-2-1-5-14(15)17(24-20(23)28)13-19(27)25-9-11-26(12-10-25)31(29,30)18-8-4-3-7-16(18)22/h1-8,17H,9-13H2,(H3,23,24,28)/t17-/m0/s1. The third-order valence-corrected chi connectivity index (χ3v) is 7.30. The van der Waals surface area contributed by atoms with E-state index in [1.807, 2.05) is 0 Å². The van der Waals surface area contributed by atoms with E-state index in [4.69, 9.17) is 17.3 Å². The van der Waals surface area contributed by atoms with Crippen LogP contribution in [0.4, 0.5) is 9.18 Å². The molecule has 3 rings (SSSR count). The maximum Gasteiger partial charge on any atom is 0.312 e.